The van der Waals surface area contributed by atoms with E-state index in [-0.39, 0.29) is 0 Å². The fourth-order valence-electron chi connectivity index (χ4n) is 8.77. The maximum Gasteiger partial charge on any atom is 0.175 e. The van der Waals surface area contributed by atoms with E-state index in [0.29, 0.717) is 0 Å². The molecule has 2 aromatic heterocycles. The Labute approximate surface area is 300 Å². The summed E-state index contributed by atoms with van der Waals surface area (Å²) in [7, 11) is -3.29. The van der Waals surface area contributed by atoms with Crippen LogP contribution in [0.25, 0.3) is 82.5 Å². The van der Waals surface area contributed by atoms with Crippen molar-refractivity contribution in [3.8, 4) is 27.9 Å². The molecule has 11 rings (SSSR count). The number of rotatable bonds is 4. The summed E-state index contributed by atoms with van der Waals surface area (Å²) < 4.78 is 24.7. The minimum Gasteiger partial charge on any atom is -0.456 e. The van der Waals surface area contributed by atoms with Crippen LogP contribution in [0.2, 0.25) is 0 Å². The van der Waals surface area contributed by atoms with Gasteiger partial charge in [-0.25, -0.2) is 4.98 Å². The van der Waals surface area contributed by atoms with Gasteiger partial charge in [-0.05, 0) is 74.6 Å². The molecule has 0 fully saturated rings. The predicted molar refractivity (Wildman–Crippen MR) is 217 cm³/mol. The SMILES string of the molecule is CCc1nc2cccc3c2n1-c1c(-c2c4ccccc4c(-c4ccc5c(c4)oc4ccccc45)c4ccccc24)cccc1P3(=O)c1ccccc1. The van der Waals surface area contributed by atoms with Gasteiger partial charge >= 0.3 is 0 Å². The monoisotopic (exact) mass is 686 g/mol. The van der Waals surface area contributed by atoms with Crippen molar-refractivity contribution in [1.82, 2.24) is 9.55 Å². The van der Waals surface area contributed by atoms with Crippen LogP contribution in [0.4, 0.5) is 0 Å². The number of hydrogen-bond acceptors (Lipinski definition) is 3. The van der Waals surface area contributed by atoms with Crippen LogP contribution in [0.3, 0.4) is 0 Å². The minimum absolute atomic E-state index is 0.738. The first kappa shape index (κ1) is 29.5. The molecule has 0 saturated carbocycles. The lowest BCUT2D eigenvalue weighted by atomic mass is 9.85. The molecule has 0 amide bonds. The van der Waals surface area contributed by atoms with Crippen LogP contribution in [0, 0.1) is 0 Å². The normalized spacial score (nSPS) is 15.2. The van der Waals surface area contributed by atoms with E-state index in [9.17, 15) is 0 Å². The van der Waals surface area contributed by atoms with Crippen LogP contribution in [-0.2, 0) is 11.0 Å². The van der Waals surface area contributed by atoms with Gasteiger partial charge < -0.3 is 8.98 Å². The Hall–Kier alpha value is -6.22. The van der Waals surface area contributed by atoms with Crippen molar-refractivity contribution in [2.45, 2.75) is 13.3 Å². The van der Waals surface area contributed by atoms with E-state index in [1.807, 2.05) is 54.6 Å². The van der Waals surface area contributed by atoms with Gasteiger partial charge in [0, 0.05) is 38.7 Å². The molecule has 3 heterocycles. The maximum atomic E-state index is 16.0. The lowest BCUT2D eigenvalue weighted by Gasteiger charge is -2.31. The van der Waals surface area contributed by atoms with E-state index in [2.05, 4.69) is 115 Å². The molecule has 246 valence electrons. The molecule has 0 N–H and O–H groups in total. The standard InChI is InChI=1S/C47H31N2O2P/c1-2-43-48-38-22-13-25-42-47(38)49(43)46-37(21-12-24-41(46)52(42,50)30-14-4-3-5-15-30)45-35-19-8-6-17-33(35)44(34-18-7-9-20-36(34)45)29-26-27-32-31-16-10-11-23-39(31)51-40(32)28-29/h3-28H,2H2,1H3. The first-order valence-electron chi connectivity index (χ1n) is 17.8. The Balaban J connectivity index is 1.27. The number of aryl methyl sites for hydroxylation is 1. The van der Waals surface area contributed by atoms with Gasteiger partial charge in [0.25, 0.3) is 0 Å². The molecule has 52 heavy (non-hydrogen) atoms. The number of nitrogens with zero attached hydrogens (tertiary/aromatic N) is 2. The van der Waals surface area contributed by atoms with Crippen molar-refractivity contribution in [2.75, 3.05) is 0 Å². The third-order valence-electron chi connectivity index (χ3n) is 10.9. The largest absolute Gasteiger partial charge is 0.456 e. The first-order valence-corrected chi connectivity index (χ1v) is 19.5. The molecular weight excluding hydrogens is 656 g/mol. The topological polar surface area (TPSA) is 48.0 Å². The van der Waals surface area contributed by atoms with Crippen LogP contribution in [0.15, 0.2) is 162 Å². The van der Waals surface area contributed by atoms with E-state index >= 15 is 4.57 Å². The number of benzene rings is 8. The molecule has 8 aromatic carbocycles. The van der Waals surface area contributed by atoms with Crippen molar-refractivity contribution < 1.29 is 8.98 Å². The van der Waals surface area contributed by atoms with Crippen LogP contribution in [-0.4, -0.2) is 9.55 Å². The molecule has 10 aromatic rings. The van der Waals surface area contributed by atoms with Crippen molar-refractivity contribution in [3.63, 3.8) is 0 Å². The summed E-state index contributed by atoms with van der Waals surface area (Å²) in [6.45, 7) is 2.15. The first-order chi connectivity index (χ1) is 25.6. The molecule has 0 bridgehead atoms. The van der Waals surface area contributed by atoms with Gasteiger partial charge in [-0.1, -0.05) is 128 Å². The van der Waals surface area contributed by atoms with E-state index in [1.54, 1.807) is 0 Å². The van der Waals surface area contributed by atoms with Gasteiger partial charge in [0.05, 0.1) is 16.7 Å². The van der Waals surface area contributed by atoms with Gasteiger partial charge in [-0.3, -0.25) is 4.57 Å². The van der Waals surface area contributed by atoms with Gasteiger partial charge in [-0.2, -0.15) is 0 Å². The molecule has 1 unspecified atom stereocenters. The minimum atomic E-state index is -3.29. The lowest BCUT2D eigenvalue weighted by Crippen LogP contribution is -2.33. The Bertz CT molecular complexity index is 3100. The van der Waals surface area contributed by atoms with E-state index < -0.39 is 7.14 Å². The number of hydrogen-bond donors (Lipinski definition) is 0. The highest BCUT2D eigenvalue weighted by atomic mass is 31.2. The highest BCUT2D eigenvalue weighted by molar-refractivity contribution is 7.86. The zero-order valence-electron chi connectivity index (χ0n) is 28.4. The Kier molecular flexibility index (Phi) is 6.18. The fourth-order valence-corrected chi connectivity index (χ4v) is 11.8. The Morgan fingerprint density at radius 2 is 1.19 bits per heavy atom. The lowest BCUT2D eigenvalue weighted by molar-refractivity contribution is 0.592. The van der Waals surface area contributed by atoms with Crippen LogP contribution in [0.1, 0.15) is 12.7 Å². The molecule has 1 aliphatic rings. The Morgan fingerprint density at radius 1 is 0.577 bits per heavy atom. The van der Waals surface area contributed by atoms with Crippen molar-refractivity contribution in [2.24, 2.45) is 0 Å². The van der Waals surface area contributed by atoms with Gasteiger partial charge in [0.1, 0.15) is 17.0 Å². The molecular formula is C47H31N2O2P. The number of para-hydroxylation sites is 3. The van der Waals surface area contributed by atoms with Crippen molar-refractivity contribution >= 4 is 77.6 Å². The highest BCUT2D eigenvalue weighted by Crippen LogP contribution is 2.53. The van der Waals surface area contributed by atoms with Crippen molar-refractivity contribution in [1.29, 1.82) is 0 Å². The summed E-state index contributed by atoms with van der Waals surface area (Å²) in [4.78, 5) is 5.15. The van der Waals surface area contributed by atoms with E-state index in [0.717, 1.165) is 105 Å². The zero-order valence-corrected chi connectivity index (χ0v) is 29.3. The molecule has 1 aliphatic heterocycles. The molecule has 4 nitrogen and oxygen atoms in total. The molecule has 0 aliphatic carbocycles. The summed E-state index contributed by atoms with van der Waals surface area (Å²) in [5.74, 6) is 0.958. The van der Waals surface area contributed by atoms with Crippen LogP contribution < -0.4 is 15.9 Å². The second-order valence-electron chi connectivity index (χ2n) is 13.6. The van der Waals surface area contributed by atoms with Gasteiger partial charge in [0.2, 0.25) is 0 Å². The molecule has 0 saturated heterocycles. The fraction of sp³-hybridized carbons (Fsp3) is 0.0426. The third-order valence-corrected chi connectivity index (χ3v) is 14.0. The summed E-state index contributed by atoms with van der Waals surface area (Å²) in [6, 6.07) is 54.7. The third kappa shape index (κ3) is 3.88. The summed E-state index contributed by atoms with van der Waals surface area (Å²) in [5, 5.41) is 9.33. The molecule has 0 spiro atoms. The van der Waals surface area contributed by atoms with Gasteiger partial charge in [-0.15, -0.1) is 0 Å². The quantitative estimate of drug-likeness (QED) is 0.137. The molecule has 0 radical (unpaired) electrons. The van der Waals surface area contributed by atoms with E-state index in [4.69, 9.17) is 9.40 Å². The Morgan fingerprint density at radius 3 is 1.92 bits per heavy atom. The number of aromatic nitrogens is 2. The van der Waals surface area contributed by atoms with Crippen LogP contribution in [0.5, 0.6) is 0 Å². The second kappa shape index (κ2) is 10.9. The van der Waals surface area contributed by atoms with Crippen molar-refractivity contribution in [3.05, 3.63) is 164 Å². The average molecular weight is 687 g/mol. The predicted octanol–water partition coefficient (Wildman–Crippen LogP) is 11.1. The summed E-state index contributed by atoms with van der Waals surface area (Å²) in [6.07, 6.45) is 0.738. The second-order valence-corrected chi connectivity index (χ2v) is 16.3. The number of imidazole rings is 1. The number of furan rings is 1. The summed E-state index contributed by atoms with van der Waals surface area (Å²) in [5.41, 5.74) is 8.98. The maximum absolute atomic E-state index is 16.0. The van der Waals surface area contributed by atoms with E-state index in [1.165, 1.54) is 5.56 Å². The molecule has 5 heteroatoms. The number of fused-ring (bicyclic) bond motifs is 7. The van der Waals surface area contributed by atoms with Gasteiger partial charge in [0.15, 0.2) is 7.14 Å². The summed E-state index contributed by atoms with van der Waals surface area (Å²) >= 11 is 0. The zero-order chi connectivity index (χ0) is 34.6. The smallest absolute Gasteiger partial charge is 0.175 e. The van der Waals surface area contributed by atoms with Crippen LogP contribution >= 0.6 is 7.14 Å². The average Bonchev–Trinajstić information content (AvgIpc) is 3.77. The molecule has 1 atom stereocenters. The highest BCUT2D eigenvalue weighted by Gasteiger charge is 2.41.